The zero-order valence-corrected chi connectivity index (χ0v) is 11.4. The van der Waals surface area contributed by atoms with Gasteiger partial charge in [0.25, 0.3) is 5.91 Å². The highest BCUT2D eigenvalue weighted by atomic mass is 16.3. The number of hydrogen-bond donors (Lipinski definition) is 1. The van der Waals surface area contributed by atoms with E-state index in [1.54, 1.807) is 4.90 Å². The van der Waals surface area contributed by atoms with Crippen molar-refractivity contribution in [3.05, 3.63) is 36.2 Å². The van der Waals surface area contributed by atoms with Crippen molar-refractivity contribution in [1.82, 2.24) is 14.9 Å². The molecule has 3 rings (SSSR count). The first-order valence-corrected chi connectivity index (χ1v) is 6.85. The smallest absolute Gasteiger partial charge is 0.274 e. The van der Waals surface area contributed by atoms with Gasteiger partial charge in [-0.25, -0.2) is 4.98 Å². The Labute approximate surface area is 117 Å². The zero-order chi connectivity index (χ0) is 14.2. The Morgan fingerprint density at radius 1 is 1.35 bits per heavy atom. The average Bonchev–Trinajstić information content (AvgIpc) is 2.43. The van der Waals surface area contributed by atoms with E-state index < -0.39 is 5.60 Å². The van der Waals surface area contributed by atoms with Crippen LogP contribution in [0.5, 0.6) is 0 Å². The van der Waals surface area contributed by atoms with Crippen molar-refractivity contribution in [3.63, 3.8) is 0 Å². The minimum absolute atomic E-state index is 0.163. The molecule has 0 unspecified atom stereocenters. The van der Waals surface area contributed by atoms with Gasteiger partial charge < -0.3 is 10.0 Å². The number of nitrogens with zero attached hydrogens (tertiary/aromatic N) is 3. The molecule has 5 heteroatoms. The number of carbonyl (C=O) groups is 1. The standard InChI is InChI=1S/C15H17N3O2/c1-2-7-15(20)9-18(10-15)14(19)13-8-16-11-5-3-4-6-12(11)17-13/h3-6,8,20H,2,7,9-10H2,1H3. The molecule has 1 aliphatic rings. The molecule has 0 radical (unpaired) electrons. The summed E-state index contributed by atoms with van der Waals surface area (Å²) in [7, 11) is 0. The van der Waals surface area contributed by atoms with Gasteiger partial charge in [0.15, 0.2) is 0 Å². The fourth-order valence-corrected chi connectivity index (χ4v) is 2.65. The predicted octanol–water partition coefficient (Wildman–Crippen LogP) is 1.62. The Morgan fingerprint density at radius 2 is 2.05 bits per heavy atom. The van der Waals surface area contributed by atoms with E-state index in [2.05, 4.69) is 9.97 Å². The SMILES string of the molecule is CCCC1(O)CN(C(=O)c2cnc3ccccc3n2)C1. The summed E-state index contributed by atoms with van der Waals surface area (Å²) in [5, 5.41) is 10.1. The third-order valence-corrected chi connectivity index (χ3v) is 3.64. The summed E-state index contributed by atoms with van der Waals surface area (Å²) in [6.07, 6.45) is 3.14. The van der Waals surface area contributed by atoms with Crippen LogP contribution in [0.2, 0.25) is 0 Å². The van der Waals surface area contributed by atoms with E-state index in [1.165, 1.54) is 6.20 Å². The maximum Gasteiger partial charge on any atom is 0.274 e. The third-order valence-electron chi connectivity index (χ3n) is 3.64. The lowest BCUT2D eigenvalue weighted by Gasteiger charge is -2.46. The first kappa shape index (κ1) is 13.0. The second kappa shape index (κ2) is 4.83. The largest absolute Gasteiger partial charge is 0.386 e. The highest BCUT2D eigenvalue weighted by Gasteiger charge is 2.43. The van der Waals surface area contributed by atoms with Gasteiger partial charge in [-0.1, -0.05) is 25.5 Å². The molecule has 0 bridgehead atoms. The summed E-state index contributed by atoms with van der Waals surface area (Å²) in [5.41, 5.74) is 1.11. The molecule has 1 saturated heterocycles. The number of aromatic nitrogens is 2. The van der Waals surface area contributed by atoms with E-state index in [0.29, 0.717) is 24.3 Å². The molecule has 2 aromatic rings. The van der Waals surface area contributed by atoms with Crippen LogP contribution < -0.4 is 0 Å². The van der Waals surface area contributed by atoms with E-state index in [9.17, 15) is 9.90 Å². The normalized spacial score (nSPS) is 17.0. The molecule has 1 fully saturated rings. The van der Waals surface area contributed by atoms with Crippen molar-refractivity contribution in [2.24, 2.45) is 0 Å². The van der Waals surface area contributed by atoms with Gasteiger partial charge in [0.2, 0.25) is 0 Å². The molecule has 0 spiro atoms. The van der Waals surface area contributed by atoms with Crippen LogP contribution in [0, 0.1) is 0 Å². The Kier molecular flexibility index (Phi) is 3.14. The number of benzene rings is 1. The van der Waals surface area contributed by atoms with Crippen LogP contribution in [0.25, 0.3) is 11.0 Å². The molecule has 1 amide bonds. The highest BCUT2D eigenvalue weighted by Crippen LogP contribution is 2.27. The van der Waals surface area contributed by atoms with Gasteiger partial charge in [-0.05, 0) is 18.6 Å². The summed E-state index contributed by atoms with van der Waals surface area (Å²) in [4.78, 5) is 22.5. The fourth-order valence-electron chi connectivity index (χ4n) is 2.65. The molecule has 5 nitrogen and oxygen atoms in total. The molecule has 0 atom stereocenters. The van der Waals surface area contributed by atoms with Crippen molar-refractivity contribution in [3.8, 4) is 0 Å². The summed E-state index contributed by atoms with van der Waals surface area (Å²) in [6, 6.07) is 7.45. The average molecular weight is 271 g/mol. The lowest BCUT2D eigenvalue weighted by molar-refractivity contribution is -0.0861. The van der Waals surface area contributed by atoms with Crippen molar-refractivity contribution >= 4 is 16.9 Å². The lowest BCUT2D eigenvalue weighted by atomic mass is 9.89. The molecular weight excluding hydrogens is 254 g/mol. The van der Waals surface area contributed by atoms with E-state index >= 15 is 0 Å². The second-order valence-electron chi connectivity index (χ2n) is 5.38. The number of para-hydroxylation sites is 2. The number of rotatable bonds is 3. The molecule has 1 aromatic heterocycles. The first-order valence-electron chi connectivity index (χ1n) is 6.85. The molecule has 1 aliphatic heterocycles. The van der Waals surface area contributed by atoms with E-state index in [-0.39, 0.29) is 5.91 Å². The van der Waals surface area contributed by atoms with Gasteiger partial charge in [-0.15, -0.1) is 0 Å². The summed E-state index contributed by atoms with van der Waals surface area (Å²) in [5.74, 6) is -0.163. The summed E-state index contributed by atoms with van der Waals surface area (Å²) < 4.78 is 0. The van der Waals surface area contributed by atoms with Gasteiger partial charge >= 0.3 is 0 Å². The van der Waals surface area contributed by atoms with Crippen molar-refractivity contribution in [2.45, 2.75) is 25.4 Å². The van der Waals surface area contributed by atoms with Crippen molar-refractivity contribution in [1.29, 1.82) is 0 Å². The first-order chi connectivity index (χ1) is 9.61. The predicted molar refractivity (Wildman–Crippen MR) is 75.3 cm³/mol. The Morgan fingerprint density at radius 3 is 2.75 bits per heavy atom. The topological polar surface area (TPSA) is 66.3 Å². The molecule has 104 valence electrons. The van der Waals surface area contributed by atoms with E-state index in [4.69, 9.17) is 0 Å². The van der Waals surface area contributed by atoms with Crippen LogP contribution >= 0.6 is 0 Å². The van der Waals surface area contributed by atoms with Gasteiger partial charge in [-0.2, -0.15) is 0 Å². The van der Waals surface area contributed by atoms with Gasteiger partial charge in [0.1, 0.15) is 5.69 Å². The molecule has 1 N–H and O–H groups in total. The number of aliphatic hydroxyl groups is 1. The second-order valence-corrected chi connectivity index (χ2v) is 5.38. The Bertz CT molecular complexity index is 650. The quantitative estimate of drug-likeness (QED) is 0.921. The Hall–Kier alpha value is -2.01. The van der Waals surface area contributed by atoms with Crippen molar-refractivity contribution in [2.75, 3.05) is 13.1 Å². The number of amides is 1. The van der Waals surface area contributed by atoms with Crippen molar-refractivity contribution < 1.29 is 9.90 Å². The highest BCUT2D eigenvalue weighted by molar-refractivity contribution is 5.94. The summed E-state index contributed by atoms with van der Waals surface area (Å²) >= 11 is 0. The van der Waals surface area contributed by atoms with Crippen LogP contribution in [0.1, 0.15) is 30.3 Å². The van der Waals surface area contributed by atoms with Gasteiger partial charge in [0, 0.05) is 0 Å². The van der Waals surface area contributed by atoms with Crippen LogP contribution in [0.4, 0.5) is 0 Å². The lowest BCUT2D eigenvalue weighted by Crippen LogP contribution is -2.63. The number of hydrogen-bond acceptors (Lipinski definition) is 4. The molecule has 1 aromatic carbocycles. The molecule has 20 heavy (non-hydrogen) atoms. The van der Waals surface area contributed by atoms with Crippen LogP contribution in [0.15, 0.2) is 30.5 Å². The monoisotopic (exact) mass is 271 g/mol. The van der Waals surface area contributed by atoms with Gasteiger partial charge in [0.05, 0.1) is 35.9 Å². The van der Waals surface area contributed by atoms with Crippen LogP contribution in [-0.2, 0) is 0 Å². The zero-order valence-electron chi connectivity index (χ0n) is 11.4. The number of likely N-dealkylation sites (tertiary alicyclic amines) is 1. The molecule has 0 saturated carbocycles. The fraction of sp³-hybridized carbons (Fsp3) is 0.400. The Balaban J connectivity index is 1.77. The maximum atomic E-state index is 12.3. The number of β-amino-alcohol motifs (C(OH)–C–C–N with tert-alkyl or cyclic N) is 1. The number of carbonyl (C=O) groups excluding carboxylic acids is 1. The van der Waals surface area contributed by atoms with E-state index in [0.717, 1.165) is 18.4 Å². The maximum absolute atomic E-state index is 12.3. The molecular formula is C15H17N3O2. The molecule has 2 heterocycles. The third kappa shape index (κ3) is 2.25. The van der Waals surface area contributed by atoms with Crippen LogP contribution in [0.3, 0.4) is 0 Å². The minimum Gasteiger partial charge on any atom is -0.386 e. The van der Waals surface area contributed by atoms with Crippen LogP contribution in [-0.4, -0.2) is 44.6 Å². The minimum atomic E-state index is -0.714. The summed E-state index contributed by atoms with van der Waals surface area (Å²) in [6.45, 7) is 2.79. The van der Waals surface area contributed by atoms with Gasteiger partial charge in [-0.3, -0.25) is 9.78 Å². The number of fused-ring (bicyclic) bond motifs is 1. The molecule has 0 aliphatic carbocycles. The van der Waals surface area contributed by atoms with E-state index in [1.807, 2.05) is 31.2 Å².